The van der Waals surface area contributed by atoms with Gasteiger partial charge in [-0.25, -0.2) is 4.79 Å². The second-order valence-electron chi connectivity index (χ2n) is 6.53. The summed E-state index contributed by atoms with van der Waals surface area (Å²) in [4.78, 5) is 25.8. The van der Waals surface area contributed by atoms with Crippen molar-refractivity contribution in [3.8, 4) is 0 Å². The van der Waals surface area contributed by atoms with Crippen LogP contribution in [0.1, 0.15) is 36.5 Å². The maximum atomic E-state index is 13.0. The highest BCUT2D eigenvalue weighted by atomic mass is 16.2. The monoisotopic (exact) mass is 348 g/mol. The highest BCUT2D eigenvalue weighted by Gasteiger charge is 2.12. The van der Waals surface area contributed by atoms with E-state index < -0.39 is 0 Å². The van der Waals surface area contributed by atoms with Crippen LogP contribution >= 0.6 is 0 Å². The zero-order valence-electron chi connectivity index (χ0n) is 15.1. The third-order valence-corrected chi connectivity index (χ3v) is 4.49. The average Bonchev–Trinajstić information content (AvgIpc) is 2.68. The molecule has 0 spiro atoms. The molecule has 0 aliphatic carbocycles. The summed E-state index contributed by atoms with van der Waals surface area (Å²) in [5.74, 6) is 0. The van der Waals surface area contributed by atoms with Crippen LogP contribution in [0.3, 0.4) is 0 Å². The molecular weight excluding hydrogens is 324 g/mol. The van der Waals surface area contributed by atoms with E-state index in [1.165, 1.54) is 4.57 Å². The molecule has 134 valence electrons. The normalized spacial score (nSPS) is 10.8. The van der Waals surface area contributed by atoms with Gasteiger partial charge < -0.3 is 0 Å². The molecule has 0 aliphatic rings. The first kappa shape index (κ1) is 17.9. The molecule has 3 aromatic rings. The van der Waals surface area contributed by atoms with Crippen molar-refractivity contribution in [2.24, 2.45) is 0 Å². The van der Waals surface area contributed by atoms with Crippen LogP contribution < -0.4 is 11.2 Å². The predicted molar refractivity (Wildman–Crippen MR) is 105 cm³/mol. The van der Waals surface area contributed by atoms with E-state index in [4.69, 9.17) is 0 Å². The van der Waals surface area contributed by atoms with E-state index in [9.17, 15) is 9.59 Å². The molecule has 0 amide bonds. The number of hydrogen-bond donors (Lipinski definition) is 0. The Morgan fingerprint density at radius 3 is 1.96 bits per heavy atom. The van der Waals surface area contributed by atoms with Gasteiger partial charge in [-0.05, 0) is 24.0 Å². The van der Waals surface area contributed by atoms with Crippen molar-refractivity contribution in [3.63, 3.8) is 0 Å². The molecule has 0 unspecified atom stereocenters. The maximum Gasteiger partial charge on any atom is 0.331 e. The average molecular weight is 348 g/mol. The van der Waals surface area contributed by atoms with Gasteiger partial charge in [0.15, 0.2) is 0 Å². The first-order chi connectivity index (χ1) is 12.7. The number of aryl methyl sites for hydroxylation is 1. The molecule has 0 saturated heterocycles. The first-order valence-corrected chi connectivity index (χ1v) is 9.10. The molecule has 4 heteroatoms. The van der Waals surface area contributed by atoms with Gasteiger partial charge in [0.25, 0.3) is 5.56 Å². The summed E-state index contributed by atoms with van der Waals surface area (Å²) in [5.41, 5.74) is 2.27. The van der Waals surface area contributed by atoms with Gasteiger partial charge in [0.2, 0.25) is 0 Å². The van der Waals surface area contributed by atoms with E-state index in [1.54, 1.807) is 10.8 Å². The van der Waals surface area contributed by atoms with Gasteiger partial charge in [-0.3, -0.25) is 13.9 Å². The van der Waals surface area contributed by atoms with Crippen LogP contribution in [0, 0.1) is 0 Å². The molecule has 0 bridgehead atoms. The van der Waals surface area contributed by atoms with Crippen LogP contribution in [-0.4, -0.2) is 9.13 Å². The Bertz CT molecular complexity index is 957. The standard InChI is InChI=1S/C22H24N2O2/c1-2-3-14-20-17-23(15-18-10-6-4-7-11-18)22(26)24(21(20)25)16-19-12-8-5-9-13-19/h4-13,17H,2-3,14-16H2,1H3. The van der Waals surface area contributed by atoms with E-state index in [0.717, 1.165) is 24.0 Å². The van der Waals surface area contributed by atoms with Crippen LogP contribution in [0.4, 0.5) is 0 Å². The van der Waals surface area contributed by atoms with Crippen molar-refractivity contribution in [1.82, 2.24) is 9.13 Å². The SMILES string of the molecule is CCCCc1cn(Cc2ccccc2)c(=O)n(Cc2ccccc2)c1=O. The molecule has 0 aliphatic heterocycles. The molecule has 3 rings (SSSR count). The Kier molecular flexibility index (Phi) is 5.84. The van der Waals surface area contributed by atoms with Gasteiger partial charge in [-0.2, -0.15) is 0 Å². The van der Waals surface area contributed by atoms with E-state index in [0.29, 0.717) is 25.1 Å². The van der Waals surface area contributed by atoms with Crippen molar-refractivity contribution in [2.75, 3.05) is 0 Å². The zero-order valence-corrected chi connectivity index (χ0v) is 15.1. The predicted octanol–water partition coefficient (Wildman–Crippen LogP) is 3.45. The molecule has 0 atom stereocenters. The highest BCUT2D eigenvalue weighted by Crippen LogP contribution is 2.05. The lowest BCUT2D eigenvalue weighted by atomic mass is 10.1. The second kappa shape index (κ2) is 8.48. The van der Waals surface area contributed by atoms with Crippen molar-refractivity contribution in [3.05, 3.63) is 104 Å². The van der Waals surface area contributed by atoms with Gasteiger partial charge >= 0.3 is 5.69 Å². The van der Waals surface area contributed by atoms with Gasteiger partial charge in [-0.15, -0.1) is 0 Å². The van der Waals surface area contributed by atoms with Crippen molar-refractivity contribution < 1.29 is 0 Å². The molecule has 0 saturated carbocycles. The fourth-order valence-corrected chi connectivity index (χ4v) is 3.05. The quantitative estimate of drug-likeness (QED) is 0.656. The third-order valence-electron chi connectivity index (χ3n) is 4.49. The summed E-state index contributed by atoms with van der Waals surface area (Å²) in [5, 5.41) is 0. The third kappa shape index (κ3) is 4.20. The Labute approximate surface area is 153 Å². The van der Waals surface area contributed by atoms with Gasteiger partial charge in [0.05, 0.1) is 13.1 Å². The molecule has 1 aromatic heterocycles. The number of benzene rings is 2. The second-order valence-corrected chi connectivity index (χ2v) is 6.53. The van der Waals surface area contributed by atoms with Crippen molar-refractivity contribution in [1.29, 1.82) is 0 Å². The fourth-order valence-electron chi connectivity index (χ4n) is 3.05. The Balaban J connectivity index is 2.04. The summed E-state index contributed by atoms with van der Waals surface area (Å²) >= 11 is 0. The van der Waals surface area contributed by atoms with Gasteiger partial charge in [0, 0.05) is 11.8 Å². The van der Waals surface area contributed by atoms with Crippen LogP contribution in [0.15, 0.2) is 76.4 Å². The van der Waals surface area contributed by atoms with E-state index in [-0.39, 0.29) is 11.2 Å². The number of unbranched alkanes of at least 4 members (excludes halogenated alkanes) is 1. The van der Waals surface area contributed by atoms with Crippen molar-refractivity contribution in [2.45, 2.75) is 39.3 Å². The largest absolute Gasteiger partial charge is 0.331 e. The smallest absolute Gasteiger partial charge is 0.296 e. The van der Waals surface area contributed by atoms with E-state index in [1.807, 2.05) is 60.7 Å². The zero-order chi connectivity index (χ0) is 18.4. The van der Waals surface area contributed by atoms with Crippen LogP contribution in [0.2, 0.25) is 0 Å². The van der Waals surface area contributed by atoms with E-state index >= 15 is 0 Å². The molecule has 0 radical (unpaired) electrons. The molecule has 26 heavy (non-hydrogen) atoms. The lowest BCUT2D eigenvalue weighted by Crippen LogP contribution is -2.41. The molecule has 2 aromatic carbocycles. The fraction of sp³-hybridized carbons (Fsp3) is 0.273. The minimum absolute atomic E-state index is 0.170. The lowest BCUT2D eigenvalue weighted by molar-refractivity contribution is 0.595. The number of rotatable bonds is 7. The number of aromatic nitrogens is 2. The van der Waals surface area contributed by atoms with Gasteiger partial charge in [0.1, 0.15) is 0 Å². The molecule has 4 nitrogen and oxygen atoms in total. The van der Waals surface area contributed by atoms with Crippen LogP contribution in [0.5, 0.6) is 0 Å². The Morgan fingerprint density at radius 1 is 0.808 bits per heavy atom. The summed E-state index contributed by atoms with van der Waals surface area (Å²) in [6, 6.07) is 19.5. The minimum atomic E-state index is -0.261. The molecule has 1 heterocycles. The van der Waals surface area contributed by atoms with Crippen molar-refractivity contribution >= 4 is 0 Å². The first-order valence-electron chi connectivity index (χ1n) is 9.10. The topological polar surface area (TPSA) is 44.0 Å². The molecule has 0 fully saturated rings. The number of nitrogens with zero attached hydrogens (tertiary/aromatic N) is 2. The lowest BCUT2D eigenvalue weighted by Gasteiger charge is -2.13. The Morgan fingerprint density at radius 2 is 1.38 bits per heavy atom. The summed E-state index contributed by atoms with van der Waals surface area (Å²) in [6.45, 7) is 2.86. The summed E-state index contributed by atoms with van der Waals surface area (Å²) in [7, 11) is 0. The maximum absolute atomic E-state index is 13.0. The summed E-state index contributed by atoms with van der Waals surface area (Å²) < 4.78 is 3.02. The number of hydrogen-bond acceptors (Lipinski definition) is 2. The highest BCUT2D eigenvalue weighted by molar-refractivity contribution is 5.18. The Hall–Kier alpha value is -2.88. The summed E-state index contributed by atoms with van der Waals surface area (Å²) in [6.07, 6.45) is 4.38. The molecule has 0 N–H and O–H groups in total. The van der Waals surface area contributed by atoms with Gasteiger partial charge in [-0.1, -0.05) is 74.0 Å². The van der Waals surface area contributed by atoms with Crippen LogP contribution in [0.25, 0.3) is 0 Å². The molecular formula is C22H24N2O2. The van der Waals surface area contributed by atoms with E-state index in [2.05, 4.69) is 6.92 Å². The van der Waals surface area contributed by atoms with Crippen LogP contribution in [-0.2, 0) is 19.5 Å². The minimum Gasteiger partial charge on any atom is -0.296 e.